The van der Waals surface area contributed by atoms with Crippen LogP contribution in [-0.2, 0) is 75.3 Å². The number of hydrogen-bond donors (Lipinski definition) is 23. The number of carboxylic acid groups (broad SMARTS) is 1. The molecule has 0 fully saturated rings. The third kappa shape index (κ3) is 22.3. The Morgan fingerprint density at radius 3 is 0.838 bits per heavy atom. The Balaban J connectivity index is 0.998. The molecule has 9 atom stereocenters. The van der Waals surface area contributed by atoms with Gasteiger partial charge in [0.05, 0.1) is 6.04 Å². The van der Waals surface area contributed by atoms with E-state index in [9.17, 15) is 24.3 Å². The molecule has 111 heavy (non-hydrogen) atoms. The number of rotatable bonds is 43. The van der Waals surface area contributed by atoms with Crippen LogP contribution in [0.4, 0.5) is 0 Å². The van der Waals surface area contributed by atoms with Crippen molar-refractivity contribution in [1.82, 2.24) is 78.1 Å². The average molecular weight is 1520 g/mol. The molecule has 28 N–H and O–H groups in total. The van der Waals surface area contributed by atoms with Crippen LogP contribution in [-0.4, -0.2) is 176 Å². The molecular formula is C79H100N22O10. The van der Waals surface area contributed by atoms with E-state index in [2.05, 4.69) is 78.1 Å². The number of amides is 8. The van der Waals surface area contributed by atoms with Gasteiger partial charge in [-0.05, 0) is 129 Å². The molecule has 0 aliphatic heterocycles. The smallest absolute Gasteiger partial charge is 0.326 e. The van der Waals surface area contributed by atoms with E-state index < -0.39 is 108 Å². The molecule has 0 radical (unpaired) electrons. The van der Waals surface area contributed by atoms with Gasteiger partial charge >= 0.3 is 5.97 Å². The van der Waals surface area contributed by atoms with Crippen molar-refractivity contribution in [1.29, 1.82) is 10.8 Å². The highest BCUT2D eigenvalue weighted by molar-refractivity contribution is 6.00. The number of carboxylic acids is 1. The standard InChI is InChI=1S/C79H100N22O10/c80-31-13-11-22-55(82)69(102)94-62(29-15-33-87-78(83)84)71(104)97-65(36-46-41-90-57-24-7-2-18-51(46)57)73(106)99-67(38-48-43-92-59-26-9-4-20-53(48)59)75(108)101-68(39-49-44-93-60-27-10-5-21-54(49)60)76(109)100-66(37-47-42-91-58-25-8-3-19-52(47)58)74(107)98-64(35-45-40-89-56-23-6-1-17-50(45)56)72(105)95-61(28-12-14-32-81)70(103)96-63(77(110)111)30-16-34-88-79(85)86/h1-10,17-21,23-27,40-44,55,61-68,89-93H,11-16,22,28-39,80-82H2,(H,94,102)(H,95,105)(H,96,103)(H,97,104)(H,98,107)(H,99,106)(H,100,109)(H,101,108)(H,110,111)(H4,83,84,87)(H4,85,86,88)/t55-,61-,62-,63-,64-,65-,66-,67-,68-/m0/s1. The molecule has 10 aromatic rings. The fraction of sp³-hybridized carbons (Fsp3) is 0.354. The van der Waals surface area contributed by atoms with Crippen molar-refractivity contribution in [3.05, 3.63) is 180 Å². The van der Waals surface area contributed by atoms with Crippen molar-refractivity contribution in [3.63, 3.8) is 0 Å². The molecule has 10 rings (SSSR count). The van der Waals surface area contributed by atoms with Crippen molar-refractivity contribution >= 4 is 120 Å². The summed E-state index contributed by atoms with van der Waals surface area (Å²) >= 11 is 0. The monoisotopic (exact) mass is 1520 g/mol. The molecule has 0 unspecified atom stereocenters. The second-order valence-corrected chi connectivity index (χ2v) is 27.8. The van der Waals surface area contributed by atoms with Crippen LogP contribution in [0.3, 0.4) is 0 Å². The predicted octanol–water partition coefficient (Wildman–Crippen LogP) is 2.68. The highest BCUT2D eigenvalue weighted by atomic mass is 16.4. The third-order valence-corrected chi connectivity index (χ3v) is 19.8. The van der Waals surface area contributed by atoms with Crippen molar-refractivity contribution in [2.24, 2.45) is 28.7 Å². The molecule has 586 valence electrons. The molecule has 8 amide bonds. The van der Waals surface area contributed by atoms with E-state index >= 15 is 24.0 Å². The van der Waals surface area contributed by atoms with E-state index in [0.29, 0.717) is 87.2 Å². The number of carbonyl (C=O) groups excluding carboxylic acids is 8. The SMILES string of the molecule is N=C(N)NCCC[C@H](NC(=O)[C@H](CCCCN)NC(=O)[C@H](Cc1c[nH]c2ccccc12)NC(=O)[C@H](Cc1c[nH]c2ccccc12)NC(=O)[C@H](Cc1c[nH]c2ccccc12)NC(=O)[C@H](Cc1c[nH]c2ccccc12)NC(=O)[C@H](Cc1c[nH]c2ccccc12)NC(=O)[C@H](CCCNC(=N)N)NC(=O)[C@@H](N)CCCCN)C(=O)O. The number of aromatic nitrogens is 5. The Bertz CT molecular complexity index is 4900. The zero-order valence-electron chi connectivity index (χ0n) is 61.6. The number of hydrogen-bond acceptors (Lipinski definition) is 14. The average Bonchev–Trinajstić information content (AvgIpc) is 1.74. The van der Waals surface area contributed by atoms with Gasteiger partial charge in [-0.25, -0.2) is 4.79 Å². The van der Waals surface area contributed by atoms with Gasteiger partial charge in [-0.3, -0.25) is 49.2 Å². The van der Waals surface area contributed by atoms with Crippen LogP contribution in [0.2, 0.25) is 0 Å². The minimum atomic E-state index is -1.54. The van der Waals surface area contributed by atoms with Crippen LogP contribution in [0, 0.1) is 10.8 Å². The normalized spacial score (nSPS) is 13.9. The minimum absolute atomic E-state index is 0.0189. The highest BCUT2D eigenvalue weighted by Crippen LogP contribution is 2.26. The largest absolute Gasteiger partial charge is 0.480 e. The molecule has 5 heterocycles. The van der Waals surface area contributed by atoms with Gasteiger partial charge in [-0.2, -0.15) is 0 Å². The molecule has 0 saturated heterocycles. The number of unbranched alkanes of at least 4 members (excludes halogenated alkanes) is 2. The predicted molar refractivity (Wildman–Crippen MR) is 425 cm³/mol. The Morgan fingerprint density at radius 2 is 0.559 bits per heavy atom. The van der Waals surface area contributed by atoms with Crippen LogP contribution in [0.1, 0.15) is 92.0 Å². The lowest BCUT2D eigenvalue weighted by atomic mass is 9.99. The maximum Gasteiger partial charge on any atom is 0.326 e. The lowest BCUT2D eigenvalue weighted by Gasteiger charge is -2.28. The number of aromatic amines is 5. The number of fused-ring (bicyclic) bond motifs is 5. The van der Waals surface area contributed by atoms with Crippen LogP contribution >= 0.6 is 0 Å². The summed E-state index contributed by atoms with van der Waals surface area (Å²) in [6, 6.07) is 24.2. The van der Waals surface area contributed by atoms with E-state index in [4.69, 9.17) is 39.5 Å². The number of carbonyl (C=O) groups is 9. The van der Waals surface area contributed by atoms with Gasteiger partial charge in [0.2, 0.25) is 47.3 Å². The number of para-hydroxylation sites is 5. The zero-order chi connectivity index (χ0) is 78.9. The summed E-state index contributed by atoms with van der Waals surface area (Å²) in [5.74, 6) is -8.35. The molecule has 32 heteroatoms. The van der Waals surface area contributed by atoms with Crippen molar-refractivity contribution in [3.8, 4) is 0 Å². The fourth-order valence-corrected chi connectivity index (χ4v) is 13.8. The zero-order valence-corrected chi connectivity index (χ0v) is 61.6. The second-order valence-electron chi connectivity index (χ2n) is 27.8. The Morgan fingerprint density at radius 1 is 0.324 bits per heavy atom. The van der Waals surface area contributed by atoms with Crippen LogP contribution < -0.4 is 81.8 Å². The first kappa shape index (κ1) is 81.0. The first-order chi connectivity index (χ1) is 53.6. The molecule has 0 aliphatic rings. The van der Waals surface area contributed by atoms with Gasteiger partial charge in [-0.1, -0.05) is 97.4 Å². The Kier molecular flexibility index (Phi) is 28.8. The van der Waals surface area contributed by atoms with Gasteiger partial charge in [-0.15, -0.1) is 0 Å². The second kappa shape index (κ2) is 39.5. The fourth-order valence-electron chi connectivity index (χ4n) is 13.8. The number of benzene rings is 5. The quantitative estimate of drug-likeness (QED) is 0.0148. The molecule has 0 aliphatic carbocycles. The van der Waals surface area contributed by atoms with Gasteiger partial charge < -0.3 is 112 Å². The summed E-state index contributed by atoms with van der Waals surface area (Å²) in [7, 11) is 0. The number of H-pyrrole nitrogens is 5. The first-order valence-corrected chi connectivity index (χ1v) is 37.4. The molecule has 0 saturated carbocycles. The van der Waals surface area contributed by atoms with Gasteiger partial charge in [0, 0.05) is 131 Å². The first-order valence-electron chi connectivity index (χ1n) is 37.4. The van der Waals surface area contributed by atoms with E-state index in [-0.39, 0.29) is 102 Å². The molecule has 5 aromatic carbocycles. The molecular weight excluding hydrogens is 1420 g/mol. The number of nitrogens with two attached hydrogens (primary N) is 5. The number of guanidine groups is 2. The van der Waals surface area contributed by atoms with E-state index in [1.807, 2.05) is 121 Å². The van der Waals surface area contributed by atoms with E-state index in [1.54, 1.807) is 31.0 Å². The maximum absolute atomic E-state index is 16.0. The minimum Gasteiger partial charge on any atom is -0.480 e. The van der Waals surface area contributed by atoms with E-state index in [0.717, 1.165) is 27.3 Å². The van der Waals surface area contributed by atoms with Crippen molar-refractivity contribution in [2.45, 2.75) is 151 Å². The molecule has 0 spiro atoms. The van der Waals surface area contributed by atoms with Crippen molar-refractivity contribution < 1.29 is 48.3 Å². The molecule has 0 bridgehead atoms. The molecule has 5 aromatic heterocycles. The maximum atomic E-state index is 16.0. The summed E-state index contributed by atoms with van der Waals surface area (Å²) in [4.78, 5) is 150. The van der Waals surface area contributed by atoms with Gasteiger partial charge in [0.1, 0.15) is 48.3 Å². The summed E-state index contributed by atoms with van der Waals surface area (Å²) in [5.41, 5.74) is 35.6. The third-order valence-electron chi connectivity index (χ3n) is 19.8. The summed E-state index contributed by atoms with van der Waals surface area (Å²) in [5, 5.41) is 57.3. The number of nitrogens with one attached hydrogen (secondary N) is 17. The Labute approximate surface area is 639 Å². The lowest BCUT2D eigenvalue weighted by Crippen LogP contribution is -2.61. The molecule has 32 nitrogen and oxygen atoms in total. The van der Waals surface area contributed by atoms with Gasteiger partial charge in [0.25, 0.3) is 0 Å². The van der Waals surface area contributed by atoms with Gasteiger partial charge in [0.15, 0.2) is 11.9 Å². The highest BCUT2D eigenvalue weighted by Gasteiger charge is 2.37. The summed E-state index contributed by atoms with van der Waals surface area (Å²) in [6.45, 7) is 0.951. The van der Waals surface area contributed by atoms with Crippen LogP contribution in [0.15, 0.2) is 152 Å². The summed E-state index contributed by atoms with van der Waals surface area (Å²) < 4.78 is 0. The van der Waals surface area contributed by atoms with Crippen LogP contribution in [0.25, 0.3) is 54.5 Å². The Hall–Kier alpha value is -12.6. The van der Waals surface area contributed by atoms with E-state index in [1.165, 1.54) is 0 Å². The van der Waals surface area contributed by atoms with Crippen LogP contribution in [0.5, 0.6) is 0 Å². The summed E-state index contributed by atoms with van der Waals surface area (Å²) in [6.07, 6.45) is 10.3. The topological polar surface area (TPSA) is 551 Å². The van der Waals surface area contributed by atoms with Crippen molar-refractivity contribution in [2.75, 3.05) is 26.2 Å². The lowest BCUT2D eigenvalue weighted by molar-refractivity contribution is -0.142. The number of aliphatic carboxylic acids is 1.